The van der Waals surface area contributed by atoms with E-state index in [-0.39, 0.29) is 33.4 Å². The van der Waals surface area contributed by atoms with Crippen molar-refractivity contribution in [3.05, 3.63) is 58.8 Å². The number of nitrogens with one attached hydrogen (secondary N) is 1. The van der Waals surface area contributed by atoms with Gasteiger partial charge in [-0.25, -0.2) is 4.98 Å². The molecule has 0 bridgehead atoms. The second-order valence-corrected chi connectivity index (χ2v) is 7.59. The highest BCUT2D eigenvalue weighted by atomic mass is 35.5. The number of hydrogen-bond donors (Lipinski definition) is 2. The van der Waals surface area contributed by atoms with Gasteiger partial charge >= 0.3 is 0 Å². The Bertz CT molecular complexity index is 1150. The molecule has 0 spiro atoms. The number of furan rings is 1. The van der Waals surface area contributed by atoms with Crippen molar-refractivity contribution in [2.45, 2.75) is 17.2 Å². The van der Waals surface area contributed by atoms with E-state index >= 15 is 0 Å². The monoisotopic (exact) mass is 423 g/mol. The molecule has 1 amide bonds. The van der Waals surface area contributed by atoms with Crippen molar-refractivity contribution in [3.8, 4) is 23.5 Å². The van der Waals surface area contributed by atoms with Crippen LogP contribution in [0.3, 0.4) is 0 Å². The van der Waals surface area contributed by atoms with Gasteiger partial charge in [0.25, 0.3) is 0 Å². The molecule has 3 N–H and O–H groups in total. The number of thioether (sulfide) groups is 1. The zero-order chi connectivity index (χ0) is 21.0. The standard InChI is InChI=1S/C20H14ClN5O2S/c1-11(19(27)25-15-6-3-2-5-14(15)21)29-20-13(10-23)17(16-7-4-8-28-16)12(9-22)18(24)26-20/h2-8,11H,1H3,(H2,24,26)(H,25,27). The maximum Gasteiger partial charge on any atom is 0.237 e. The SMILES string of the molecule is CC(Sc1nc(N)c(C#N)c(-c2ccco2)c1C#N)C(=O)Nc1ccccc1Cl. The number of para-hydroxylation sites is 1. The van der Waals surface area contributed by atoms with E-state index in [2.05, 4.69) is 16.4 Å². The van der Waals surface area contributed by atoms with Gasteiger partial charge in [0.2, 0.25) is 5.91 Å². The highest BCUT2D eigenvalue weighted by Gasteiger charge is 2.25. The number of rotatable bonds is 5. The molecule has 9 heteroatoms. The van der Waals surface area contributed by atoms with E-state index in [4.69, 9.17) is 21.8 Å². The van der Waals surface area contributed by atoms with E-state index in [1.54, 1.807) is 43.3 Å². The molecule has 0 radical (unpaired) electrons. The lowest BCUT2D eigenvalue weighted by atomic mass is 10.0. The van der Waals surface area contributed by atoms with Crippen LogP contribution >= 0.6 is 23.4 Å². The molecule has 2 aromatic heterocycles. The molecule has 1 atom stereocenters. The number of halogens is 1. The molecular formula is C20H14ClN5O2S. The van der Waals surface area contributed by atoms with E-state index in [0.717, 1.165) is 11.8 Å². The van der Waals surface area contributed by atoms with E-state index < -0.39 is 5.25 Å². The summed E-state index contributed by atoms with van der Waals surface area (Å²) in [5.74, 6) is -0.0439. The molecule has 0 aliphatic rings. The first-order chi connectivity index (χ1) is 14.0. The largest absolute Gasteiger partial charge is 0.464 e. The fourth-order valence-electron chi connectivity index (χ4n) is 2.57. The van der Waals surface area contributed by atoms with Gasteiger partial charge in [-0.2, -0.15) is 10.5 Å². The Hall–Kier alpha value is -3.46. The number of pyridine rings is 1. The minimum Gasteiger partial charge on any atom is -0.464 e. The summed E-state index contributed by atoms with van der Waals surface area (Å²) >= 11 is 7.13. The number of carbonyl (C=O) groups excluding carboxylic acids is 1. The Kier molecular flexibility index (Phi) is 6.08. The first-order valence-corrected chi connectivity index (χ1v) is 9.61. The second-order valence-electron chi connectivity index (χ2n) is 5.86. The second kappa shape index (κ2) is 8.70. The molecule has 3 aromatic rings. The van der Waals surface area contributed by atoms with Crippen molar-refractivity contribution in [3.63, 3.8) is 0 Å². The van der Waals surface area contributed by atoms with E-state index in [1.807, 2.05) is 6.07 Å². The van der Waals surface area contributed by atoms with Gasteiger partial charge in [0, 0.05) is 0 Å². The summed E-state index contributed by atoms with van der Waals surface area (Å²) in [6.07, 6.45) is 1.43. The van der Waals surface area contributed by atoms with Crippen molar-refractivity contribution in [2.24, 2.45) is 0 Å². The minimum absolute atomic E-state index is 0.0425. The van der Waals surface area contributed by atoms with Crippen molar-refractivity contribution in [1.82, 2.24) is 4.98 Å². The number of nitriles is 2. The van der Waals surface area contributed by atoms with Crippen LogP contribution in [-0.2, 0) is 4.79 Å². The van der Waals surface area contributed by atoms with Gasteiger partial charge in [-0.05, 0) is 31.2 Å². The molecule has 0 saturated carbocycles. The van der Waals surface area contributed by atoms with Gasteiger partial charge in [0.1, 0.15) is 34.3 Å². The van der Waals surface area contributed by atoms with Crippen molar-refractivity contribution in [1.29, 1.82) is 10.5 Å². The quantitative estimate of drug-likeness (QED) is 0.580. The lowest BCUT2D eigenvalue weighted by Gasteiger charge is -2.15. The molecule has 2 heterocycles. The lowest BCUT2D eigenvalue weighted by molar-refractivity contribution is -0.115. The molecule has 0 fully saturated rings. The predicted molar refractivity (Wildman–Crippen MR) is 111 cm³/mol. The number of aromatic nitrogens is 1. The third-order valence-corrected chi connectivity index (χ3v) is 5.39. The number of nitrogens with zero attached hydrogens (tertiary/aromatic N) is 3. The van der Waals surface area contributed by atoms with Crippen molar-refractivity contribution in [2.75, 3.05) is 11.1 Å². The smallest absolute Gasteiger partial charge is 0.237 e. The predicted octanol–water partition coefficient (Wildman–Crippen LogP) is 4.44. The Balaban J connectivity index is 1.95. The van der Waals surface area contributed by atoms with Crippen LogP contribution < -0.4 is 11.1 Å². The topological polar surface area (TPSA) is 129 Å². The maximum atomic E-state index is 12.6. The molecule has 0 saturated heterocycles. The minimum atomic E-state index is -0.623. The zero-order valence-electron chi connectivity index (χ0n) is 15.1. The summed E-state index contributed by atoms with van der Waals surface area (Å²) in [5.41, 5.74) is 6.85. The Labute approximate surface area is 176 Å². The van der Waals surface area contributed by atoms with Crippen LogP contribution in [0.15, 0.2) is 52.1 Å². The van der Waals surface area contributed by atoms with E-state index in [1.165, 1.54) is 6.26 Å². The molecule has 144 valence electrons. The fraction of sp³-hybridized carbons (Fsp3) is 0.100. The Morgan fingerprint density at radius 3 is 2.59 bits per heavy atom. The highest BCUT2D eigenvalue weighted by Crippen LogP contribution is 2.37. The van der Waals surface area contributed by atoms with Crippen molar-refractivity contribution < 1.29 is 9.21 Å². The molecule has 0 aliphatic heterocycles. The third kappa shape index (κ3) is 4.19. The molecule has 3 rings (SSSR count). The summed E-state index contributed by atoms with van der Waals surface area (Å²) in [4.78, 5) is 16.8. The number of nitrogen functional groups attached to an aromatic ring is 1. The zero-order valence-corrected chi connectivity index (χ0v) is 16.7. The van der Waals surface area contributed by atoms with Crippen LogP contribution in [0.25, 0.3) is 11.3 Å². The summed E-state index contributed by atoms with van der Waals surface area (Å²) in [6.45, 7) is 1.67. The van der Waals surface area contributed by atoms with Crippen LogP contribution in [0, 0.1) is 22.7 Å². The first-order valence-electron chi connectivity index (χ1n) is 8.35. The number of anilines is 2. The molecular weight excluding hydrogens is 410 g/mol. The van der Waals surface area contributed by atoms with Crippen LogP contribution in [0.4, 0.5) is 11.5 Å². The molecule has 0 aliphatic carbocycles. The van der Waals surface area contributed by atoms with Crippen molar-refractivity contribution >= 4 is 40.8 Å². The van der Waals surface area contributed by atoms with Crippen LogP contribution in [-0.4, -0.2) is 16.1 Å². The summed E-state index contributed by atoms with van der Waals surface area (Å²) in [7, 11) is 0. The maximum absolute atomic E-state index is 12.6. The van der Waals surface area contributed by atoms with Crippen LogP contribution in [0.2, 0.25) is 5.02 Å². The van der Waals surface area contributed by atoms with Crippen LogP contribution in [0.1, 0.15) is 18.1 Å². The van der Waals surface area contributed by atoms with Gasteiger partial charge in [-0.3, -0.25) is 4.79 Å². The average Bonchev–Trinajstić information content (AvgIpc) is 3.23. The third-order valence-electron chi connectivity index (χ3n) is 3.97. The number of hydrogen-bond acceptors (Lipinski definition) is 7. The van der Waals surface area contributed by atoms with Gasteiger partial charge in [0.05, 0.1) is 33.4 Å². The Morgan fingerprint density at radius 2 is 1.97 bits per heavy atom. The Morgan fingerprint density at radius 1 is 1.24 bits per heavy atom. The van der Waals surface area contributed by atoms with Gasteiger partial charge < -0.3 is 15.5 Å². The summed E-state index contributed by atoms with van der Waals surface area (Å²) < 4.78 is 5.37. The molecule has 1 aromatic carbocycles. The lowest BCUT2D eigenvalue weighted by Crippen LogP contribution is -2.23. The highest BCUT2D eigenvalue weighted by molar-refractivity contribution is 8.00. The van der Waals surface area contributed by atoms with E-state index in [9.17, 15) is 15.3 Å². The van der Waals surface area contributed by atoms with Gasteiger partial charge in [0.15, 0.2) is 0 Å². The normalized spacial score (nSPS) is 11.3. The van der Waals surface area contributed by atoms with Gasteiger partial charge in [-0.15, -0.1) is 0 Å². The fourth-order valence-corrected chi connectivity index (χ4v) is 3.67. The molecule has 29 heavy (non-hydrogen) atoms. The molecule has 1 unspecified atom stereocenters. The number of amides is 1. The van der Waals surface area contributed by atoms with Crippen LogP contribution in [0.5, 0.6) is 0 Å². The molecule has 7 nitrogen and oxygen atoms in total. The summed E-state index contributed by atoms with van der Waals surface area (Å²) in [6, 6.07) is 14.2. The van der Waals surface area contributed by atoms with E-state index in [0.29, 0.717) is 16.5 Å². The van der Waals surface area contributed by atoms with Gasteiger partial charge in [-0.1, -0.05) is 35.5 Å². The first kappa shape index (κ1) is 20.3. The summed E-state index contributed by atoms with van der Waals surface area (Å²) in [5, 5.41) is 22.0. The number of carbonyl (C=O) groups is 1. The average molecular weight is 424 g/mol. The number of nitrogens with two attached hydrogens (primary N) is 1. The number of benzene rings is 1.